The number of ether oxygens (including phenoxy) is 3. The number of rotatable bonds is 2. The van der Waals surface area contributed by atoms with Crippen molar-refractivity contribution in [3.63, 3.8) is 0 Å². The Hall–Kier alpha value is -0.200. The molecular formula is C16H28N2O3. The van der Waals surface area contributed by atoms with Gasteiger partial charge in [-0.05, 0) is 32.7 Å². The van der Waals surface area contributed by atoms with Crippen LogP contribution in [0.4, 0.5) is 0 Å². The van der Waals surface area contributed by atoms with Gasteiger partial charge in [0, 0.05) is 37.5 Å². The van der Waals surface area contributed by atoms with Crippen LogP contribution in [0.3, 0.4) is 0 Å². The lowest BCUT2D eigenvalue weighted by molar-refractivity contribution is -0.201. The van der Waals surface area contributed by atoms with Gasteiger partial charge in [0.1, 0.15) is 0 Å². The van der Waals surface area contributed by atoms with Gasteiger partial charge in [-0.25, -0.2) is 0 Å². The van der Waals surface area contributed by atoms with E-state index in [2.05, 4.69) is 17.3 Å². The Balaban J connectivity index is 1.54. The number of hydrogen-bond donors (Lipinski definition) is 1. The highest BCUT2D eigenvalue weighted by Gasteiger charge is 2.49. The second-order valence-corrected chi connectivity index (χ2v) is 6.96. The predicted octanol–water partition coefficient (Wildman–Crippen LogP) is 1.12. The number of likely N-dealkylation sites (N-methyl/N-ethyl adjacent to an activating group) is 1. The van der Waals surface area contributed by atoms with Crippen LogP contribution in [0, 0.1) is 0 Å². The zero-order valence-corrected chi connectivity index (χ0v) is 13.1. The number of nitrogens with zero attached hydrogens (tertiary/aromatic N) is 1. The summed E-state index contributed by atoms with van der Waals surface area (Å²) < 4.78 is 18.0. The monoisotopic (exact) mass is 296 g/mol. The van der Waals surface area contributed by atoms with Crippen LogP contribution in [-0.2, 0) is 14.2 Å². The van der Waals surface area contributed by atoms with E-state index in [0.717, 1.165) is 45.6 Å². The van der Waals surface area contributed by atoms with E-state index in [4.69, 9.17) is 14.2 Å². The number of hydrogen-bond acceptors (Lipinski definition) is 5. The molecule has 2 saturated carbocycles. The molecule has 21 heavy (non-hydrogen) atoms. The molecular weight excluding hydrogens is 268 g/mol. The Morgan fingerprint density at radius 2 is 1.90 bits per heavy atom. The minimum absolute atomic E-state index is 0.301. The fourth-order valence-electron chi connectivity index (χ4n) is 4.94. The molecule has 2 aliphatic heterocycles. The van der Waals surface area contributed by atoms with Crippen molar-refractivity contribution in [3.8, 4) is 0 Å². The fourth-order valence-corrected chi connectivity index (χ4v) is 4.94. The number of nitrogens with one attached hydrogen (secondary N) is 1. The van der Waals surface area contributed by atoms with Gasteiger partial charge in [0.2, 0.25) is 0 Å². The quantitative estimate of drug-likeness (QED) is 0.827. The molecule has 0 bridgehead atoms. The normalized spacial score (nSPS) is 43.3. The van der Waals surface area contributed by atoms with Crippen molar-refractivity contribution in [2.45, 2.75) is 68.5 Å². The molecule has 0 aromatic heterocycles. The standard InChI is InChI=1S/C16H28N2O3/c1-17-12-5-6-16(20-9-10-21-16)11-14(12)18-7-8-19-15-4-2-3-13(15)18/h12-15,17H,2-11H2,1H3. The van der Waals surface area contributed by atoms with Crippen molar-refractivity contribution in [3.05, 3.63) is 0 Å². The molecule has 5 heteroatoms. The molecule has 2 aliphatic carbocycles. The molecule has 2 heterocycles. The van der Waals surface area contributed by atoms with Gasteiger partial charge in [0.15, 0.2) is 5.79 Å². The molecule has 2 saturated heterocycles. The smallest absolute Gasteiger partial charge is 0.170 e. The molecule has 0 aromatic carbocycles. The van der Waals surface area contributed by atoms with Crippen molar-refractivity contribution >= 4 is 0 Å². The van der Waals surface area contributed by atoms with Gasteiger partial charge in [-0.2, -0.15) is 0 Å². The summed E-state index contributed by atoms with van der Waals surface area (Å²) in [4.78, 5) is 2.72. The van der Waals surface area contributed by atoms with Gasteiger partial charge in [-0.3, -0.25) is 4.90 Å². The lowest BCUT2D eigenvalue weighted by Crippen LogP contribution is -2.62. The van der Waals surface area contributed by atoms with E-state index in [-0.39, 0.29) is 5.79 Å². The number of morpholine rings is 1. The number of fused-ring (bicyclic) bond motifs is 1. The molecule has 1 spiro atoms. The molecule has 4 aliphatic rings. The Kier molecular flexibility index (Phi) is 3.96. The van der Waals surface area contributed by atoms with Gasteiger partial charge in [0.05, 0.1) is 25.9 Å². The topological polar surface area (TPSA) is 43.0 Å². The molecule has 0 radical (unpaired) electrons. The van der Waals surface area contributed by atoms with Gasteiger partial charge in [-0.1, -0.05) is 0 Å². The highest BCUT2D eigenvalue weighted by molar-refractivity contribution is 5.01. The lowest BCUT2D eigenvalue weighted by Gasteiger charge is -2.50. The summed E-state index contributed by atoms with van der Waals surface area (Å²) in [6, 6.07) is 1.66. The summed E-state index contributed by atoms with van der Waals surface area (Å²) in [7, 11) is 2.10. The maximum absolute atomic E-state index is 6.00. The molecule has 5 nitrogen and oxygen atoms in total. The van der Waals surface area contributed by atoms with Gasteiger partial charge in [-0.15, -0.1) is 0 Å². The van der Waals surface area contributed by atoms with Crippen molar-refractivity contribution in [2.75, 3.05) is 33.4 Å². The van der Waals surface area contributed by atoms with Crippen LogP contribution in [-0.4, -0.2) is 68.3 Å². The zero-order valence-electron chi connectivity index (χ0n) is 13.1. The van der Waals surface area contributed by atoms with Crippen LogP contribution < -0.4 is 5.32 Å². The summed E-state index contributed by atoms with van der Waals surface area (Å²) in [6.07, 6.45) is 7.44. The van der Waals surface area contributed by atoms with Gasteiger partial charge >= 0.3 is 0 Å². The first-order valence-corrected chi connectivity index (χ1v) is 8.64. The van der Waals surface area contributed by atoms with E-state index < -0.39 is 0 Å². The molecule has 0 aromatic rings. The third-order valence-electron chi connectivity index (χ3n) is 5.96. The van der Waals surface area contributed by atoms with Crippen LogP contribution in [0.5, 0.6) is 0 Å². The Bertz CT molecular complexity index is 373. The molecule has 120 valence electrons. The molecule has 4 unspecified atom stereocenters. The predicted molar refractivity (Wildman–Crippen MR) is 79.2 cm³/mol. The SMILES string of the molecule is CNC1CCC2(CC1N1CCOC3CCCC31)OCCO2. The maximum Gasteiger partial charge on any atom is 0.170 e. The first kappa shape index (κ1) is 14.4. The maximum atomic E-state index is 6.00. The highest BCUT2D eigenvalue weighted by atomic mass is 16.7. The first-order chi connectivity index (χ1) is 10.3. The zero-order chi connectivity index (χ0) is 14.3. The van der Waals surface area contributed by atoms with E-state index >= 15 is 0 Å². The van der Waals surface area contributed by atoms with Crippen molar-refractivity contribution in [1.29, 1.82) is 0 Å². The summed E-state index contributed by atoms with van der Waals surface area (Å²) in [6.45, 7) is 3.45. The van der Waals surface area contributed by atoms with E-state index in [1.807, 2.05) is 0 Å². The van der Waals surface area contributed by atoms with Crippen LogP contribution in [0.25, 0.3) is 0 Å². The van der Waals surface area contributed by atoms with E-state index in [1.54, 1.807) is 0 Å². The third kappa shape index (κ3) is 2.53. The molecule has 0 amide bonds. The highest BCUT2D eigenvalue weighted by Crippen LogP contribution is 2.41. The van der Waals surface area contributed by atoms with Gasteiger partial charge < -0.3 is 19.5 Å². The first-order valence-electron chi connectivity index (χ1n) is 8.64. The minimum Gasteiger partial charge on any atom is -0.375 e. The summed E-state index contributed by atoms with van der Waals surface area (Å²) in [5.41, 5.74) is 0. The van der Waals surface area contributed by atoms with Crippen molar-refractivity contribution in [2.24, 2.45) is 0 Å². The molecule has 4 rings (SSSR count). The largest absolute Gasteiger partial charge is 0.375 e. The van der Waals surface area contributed by atoms with Crippen molar-refractivity contribution in [1.82, 2.24) is 10.2 Å². The fraction of sp³-hybridized carbons (Fsp3) is 1.00. The van der Waals surface area contributed by atoms with Crippen molar-refractivity contribution < 1.29 is 14.2 Å². The summed E-state index contributed by atoms with van der Waals surface area (Å²) in [5, 5.41) is 3.54. The van der Waals surface area contributed by atoms with Crippen LogP contribution in [0.2, 0.25) is 0 Å². The summed E-state index contributed by atoms with van der Waals surface area (Å²) in [5.74, 6) is -0.301. The summed E-state index contributed by atoms with van der Waals surface area (Å²) >= 11 is 0. The molecule has 1 N–H and O–H groups in total. The van der Waals surface area contributed by atoms with Crippen LogP contribution in [0.1, 0.15) is 38.5 Å². The molecule has 4 fully saturated rings. The Morgan fingerprint density at radius 1 is 1.05 bits per heavy atom. The molecule has 4 atom stereocenters. The van der Waals surface area contributed by atoms with E-state index in [1.165, 1.54) is 19.3 Å². The average molecular weight is 296 g/mol. The van der Waals surface area contributed by atoms with Gasteiger partial charge in [0.25, 0.3) is 0 Å². The third-order valence-corrected chi connectivity index (χ3v) is 5.96. The lowest BCUT2D eigenvalue weighted by atomic mass is 9.83. The second kappa shape index (κ2) is 5.78. The van der Waals surface area contributed by atoms with E-state index in [9.17, 15) is 0 Å². The van der Waals surface area contributed by atoms with Crippen LogP contribution >= 0.6 is 0 Å². The van der Waals surface area contributed by atoms with E-state index in [0.29, 0.717) is 24.2 Å². The average Bonchev–Trinajstić information content (AvgIpc) is 3.16. The Morgan fingerprint density at radius 3 is 2.71 bits per heavy atom. The second-order valence-electron chi connectivity index (χ2n) is 6.96. The Labute approximate surface area is 127 Å². The minimum atomic E-state index is -0.301. The van der Waals surface area contributed by atoms with Crippen LogP contribution in [0.15, 0.2) is 0 Å².